The molecule has 0 atom stereocenters. The van der Waals surface area contributed by atoms with E-state index in [9.17, 15) is 4.39 Å². The predicted octanol–water partition coefficient (Wildman–Crippen LogP) is 2.46. The zero-order valence-corrected chi connectivity index (χ0v) is 9.36. The van der Waals surface area contributed by atoms with Crippen molar-refractivity contribution >= 4 is 11.5 Å². The Morgan fingerprint density at radius 1 is 1.18 bits per heavy atom. The monoisotopic (exact) mass is 231 g/mol. The van der Waals surface area contributed by atoms with Crippen LogP contribution in [0, 0.1) is 5.82 Å². The number of pyridine rings is 1. The smallest absolute Gasteiger partial charge is 0.146 e. The molecule has 1 aromatic heterocycles. The van der Waals surface area contributed by atoms with Gasteiger partial charge in [0, 0.05) is 12.7 Å². The number of nitrogen functional groups attached to an aromatic ring is 1. The SMILES string of the molecule is Nc1ncccc1NCCc1ccc(F)cc1. The van der Waals surface area contributed by atoms with Gasteiger partial charge in [-0.1, -0.05) is 12.1 Å². The van der Waals surface area contributed by atoms with E-state index in [-0.39, 0.29) is 5.82 Å². The van der Waals surface area contributed by atoms with Crippen LogP contribution in [-0.4, -0.2) is 11.5 Å². The fraction of sp³-hybridized carbons (Fsp3) is 0.154. The van der Waals surface area contributed by atoms with E-state index in [1.165, 1.54) is 12.1 Å². The fourth-order valence-corrected chi connectivity index (χ4v) is 1.56. The average molecular weight is 231 g/mol. The molecular weight excluding hydrogens is 217 g/mol. The molecule has 1 aromatic carbocycles. The van der Waals surface area contributed by atoms with Crippen LogP contribution < -0.4 is 11.1 Å². The first-order valence-electron chi connectivity index (χ1n) is 5.44. The van der Waals surface area contributed by atoms with Crippen molar-refractivity contribution in [3.05, 3.63) is 54.0 Å². The molecule has 0 aliphatic carbocycles. The highest BCUT2D eigenvalue weighted by molar-refractivity contribution is 5.60. The lowest BCUT2D eigenvalue weighted by molar-refractivity contribution is 0.627. The summed E-state index contributed by atoms with van der Waals surface area (Å²) in [5.74, 6) is 0.282. The highest BCUT2D eigenvalue weighted by atomic mass is 19.1. The zero-order chi connectivity index (χ0) is 12.1. The van der Waals surface area contributed by atoms with Gasteiger partial charge in [-0.05, 0) is 36.2 Å². The molecule has 88 valence electrons. The van der Waals surface area contributed by atoms with Crippen molar-refractivity contribution in [2.45, 2.75) is 6.42 Å². The molecule has 2 rings (SSSR count). The summed E-state index contributed by atoms with van der Waals surface area (Å²) in [4.78, 5) is 3.98. The van der Waals surface area contributed by atoms with Crippen molar-refractivity contribution in [1.82, 2.24) is 4.98 Å². The van der Waals surface area contributed by atoms with Gasteiger partial charge in [0.15, 0.2) is 0 Å². The quantitative estimate of drug-likeness (QED) is 0.849. The summed E-state index contributed by atoms with van der Waals surface area (Å²) in [6, 6.07) is 10.2. The molecule has 0 aliphatic heterocycles. The van der Waals surface area contributed by atoms with Crippen LogP contribution in [0.25, 0.3) is 0 Å². The molecule has 1 heterocycles. The molecule has 0 radical (unpaired) electrons. The van der Waals surface area contributed by atoms with E-state index in [0.29, 0.717) is 5.82 Å². The number of hydrogen-bond acceptors (Lipinski definition) is 3. The van der Waals surface area contributed by atoms with Gasteiger partial charge in [-0.2, -0.15) is 0 Å². The Labute approximate surface area is 99.5 Å². The highest BCUT2D eigenvalue weighted by Crippen LogP contribution is 2.13. The highest BCUT2D eigenvalue weighted by Gasteiger charge is 1.98. The normalized spacial score (nSPS) is 10.2. The second kappa shape index (κ2) is 5.30. The van der Waals surface area contributed by atoms with Crippen LogP contribution in [0.2, 0.25) is 0 Å². The topological polar surface area (TPSA) is 50.9 Å². The number of rotatable bonds is 4. The molecule has 2 aromatic rings. The minimum Gasteiger partial charge on any atom is -0.382 e. The van der Waals surface area contributed by atoms with E-state index >= 15 is 0 Å². The van der Waals surface area contributed by atoms with Crippen molar-refractivity contribution in [1.29, 1.82) is 0 Å². The molecule has 0 saturated heterocycles. The van der Waals surface area contributed by atoms with Crippen molar-refractivity contribution in [3.8, 4) is 0 Å². The van der Waals surface area contributed by atoms with Crippen LogP contribution in [0.15, 0.2) is 42.6 Å². The van der Waals surface area contributed by atoms with Gasteiger partial charge in [0.2, 0.25) is 0 Å². The van der Waals surface area contributed by atoms with Gasteiger partial charge in [0.1, 0.15) is 11.6 Å². The van der Waals surface area contributed by atoms with E-state index in [0.717, 1.165) is 24.2 Å². The number of nitrogens with one attached hydrogen (secondary N) is 1. The van der Waals surface area contributed by atoms with E-state index in [2.05, 4.69) is 10.3 Å². The lowest BCUT2D eigenvalue weighted by atomic mass is 10.1. The van der Waals surface area contributed by atoms with E-state index < -0.39 is 0 Å². The number of hydrogen-bond donors (Lipinski definition) is 2. The number of anilines is 2. The number of benzene rings is 1. The molecule has 0 aliphatic rings. The Balaban J connectivity index is 1.88. The number of halogens is 1. The number of aromatic nitrogens is 1. The van der Waals surface area contributed by atoms with E-state index in [4.69, 9.17) is 5.73 Å². The Hall–Kier alpha value is -2.10. The molecule has 0 unspecified atom stereocenters. The molecule has 4 heteroatoms. The summed E-state index contributed by atoms with van der Waals surface area (Å²) in [6.07, 6.45) is 2.47. The Morgan fingerprint density at radius 3 is 2.65 bits per heavy atom. The third kappa shape index (κ3) is 3.17. The molecule has 0 fully saturated rings. The first kappa shape index (κ1) is 11.4. The first-order valence-corrected chi connectivity index (χ1v) is 5.44. The summed E-state index contributed by atoms with van der Waals surface area (Å²) in [7, 11) is 0. The summed E-state index contributed by atoms with van der Waals surface area (Å²) in [6.45, 7) is 0.738. The Bertz CT molecular complexity index is 482. The summed E-state index contributed by atoms with van der Waals surface area (Å²) in [5.41, 5.74) is 7.61. The van der Waals surface area contributed by atoms with Crippen molar-refractivity contribution in [3.63, 3.8) is 0 Å². The van der Waals surface area contributed by atoms with Crippen LogP contribution in [-0.2, 0) is 6.42 Å². The van der Waals surface area contributed by atoms with Crippen molar-refractivity contribution < 1.29 is 4.39 Å². The minimum atomic E-state index is -0.210. The third-order valence-electron chi connectivity index (χ3n) is 2.48. The molecule has 17 heavy (non-hydrogen) atoms. The van der Waals surface area contributed by atoms with Crippen molar-refractivity contribution in [2.24, 2.45) is 0 Å². The molecule has 0 spiro atoms. The Morgan fingerprint density at radius 2 is 1.94 bits per heavy atom. The standard InChI is InChI=1S/C13H14FN3/c14-11-5-3-10(4-6-11)7-9-16-12-2-1-8-17-13(12)15/h1-6,8,16H,7,9H2,(H2,15,17). The average Bonchev–Trinajstić information content (AvgIpc) is 2.34. The summed E-state index contributed by atoms with van der Waals surface area (Å²) in [5, 5.41) is 3.19. The Kier molecular flexibility index (Phi) is 3.55. The molecule has 0 bridgehead atoms. The van der Waals surface area contributed by atoms with Gasteiger partial charge < -0.3 is 11.1 Å². The molecular formula is C13H14FN3. The summed E-state index contributed by atoms with van der Waals surface area (Å²) >= 11 is 0. The van der Waals surface area contributed by atoms with Gasteiger partial charge in [-0.25, -0.2) is 9.37 Å². The predicted molar refractivity (Wildman–Crippen MR) is 67.2 cm³/mol. The van der Waals surface area contributed by atoms with Gasteiger partial charge in [-0.3, -0.25) is 0 Å². The largest absolute Gasteiger partial charge is 0.382 e. The number of nitrogens with zero attached hydrogens (tertiary/aromatic N) is 1. The van der Waals surface area contributed by atoms with Gasteiger partial charge >= 0.3 is 0 Å². The van der Waals surface area contributed by atoms with Gasteiger partial charge in [-0.15, -0.1) is 0 Å². The molecule has 0 amide bonds. The summed E-state index contributed by atoms with van der Waals surface area (Å²) < 4.78 is 12.7. The van der Waals surface area contributed by atoms with Gasteiger partial charge in [0.05, 0.1) is 5.69 Å². The van der Waals surface area contributed by atoms with Crippen molar-refractivity contribution in [2.75, 3.05) is 17.6 Å². The van der Waals surface area contributed by atoms with Crippen LogP contribution in [0.3, 0.4) is 0 Å². The molecule has 3 nitrogen and oxygen atoms in total. The minimum absolute atomic E-state index is 0.210. The van der Waals surface area contributed by atoms with Crippen LogP contribution in [0.5, 0.6) is 0 Å². The van der Waals surface area contributed by atoms with Gasteiger partial charge in [0.25, 0.3) is 0 Å². The maximum atomic E-state index is 12.7. The van der Waals surface area contributed by atoms with Crippen LogP contribution in [0.4, 0.5) is 15.9 Å². The molecule has 3 N–H and O–H groups in total. The lowest BCUT2D eigenvalue weighted by Gasteiger charge is -2.08. The maximum absolute atomic E-state index is 12.7. The third-order valence-corrected chi connectivity index (χ3v) is 2.48. The number of nitrogens with two attached hydrogens (primary N) is 1. The fourth-order valence-electron chi connectivity index (χ4n) is 1.56. The molecule has 0 saturated carbocycles. The van der Waals surface area contributed by atoms with E-state index in [1.54, 1.807) is 18.3 Å². The van der Waals surface area contributed by atoms with E-state index in [1.807, 2.05) is 12.1 Å². The zero-order valence-electron chi connectivity index (χ0n) is 9.36. The van der Waals surface area contributed by atoms with Crippen LogP contribution >= 0.6 is 0 Å². The van der Waals surface area contributed by atoms with Crippen LogP contribution in [0.1, 0.15) is 5.56 Å². The maximum Gasteiger partial charge on any atom is 0.146 e. The lowest BCUT2D eigenvalue weighted by Crippen LogP contribution is -2.07. The second-order valence-electron chi connectivity index (χ2n) is 3.74. The first-order chi connectivity index (χ1) is 8.25. The second-order valence-corrected chi connectivity index (χ2v) is 3.74.